The van der Waals surface area contributed by atoms with Crippen molar-refractivity contribution in [1.29, 1.82) is 0 Å². The van der Waals surface area contributed by atoms with E-state index in [-0.39, 0.29) is 36.7 Å². The van der Waals surface area contributed by atoms with E-state index in [4.69, 9.17) is 9.47 Å². The van der Waals surface area contributed by atoms with Gasteiger partial charge in [-0.05, 0) is 62.4 Å². The van der Waals surface area contributed by atoms with E-state index in [9.17, 15) is 14.4 Å². The van der Waals surface area contributed by atoms with E-state index in [1.807, 2.05) is 0 Å². The standard InChI is InChI=1S/C25H29N5O5S2/c1-4-35-24(33)21-17-7-5-6-8-18(17)37-23(21)27-20(31)14-36-25-29-28-19(30(25)2)13-26-22(32)15-9-11-16(34-3)12-10-15/h9-12H,4-8,13-14H2,1-3H3,(H,26,32)(H,27,31). The van der Waals surface area contributed by atoms with Gasteiger partial charge in [-0.2, -0.15) is 0 Å². The Morgan fingerprint density at radius 1 is 1.14 bits per heavy atom. The maximum atomic E-state index is 12.8. The topological polar surface area (TPSA) is 124 Å². The molecule has 0 spiro atoms. The van der Waals surface area contributed by atoms with Crippen LogP contribution in [0.25, 0.3) is 0 Å². The summed E-state index contributed by atoms with van der Waals surface area (Å²) in [6, 6.07) is 6.81. The number of nitrogens with zero attached hydrogens (tertiary/aromatic N) is 3. The van der Waals surface area contributed by atoms with Crippen LogP contribution in [0.4, 0.5) is 5.00 Å². The van der Waals surface area contributed by atoms with Gasteiger partial charge in [-0.1, -0.05) is 11.8 Å². The van der Waals surface area contributed by atoms with Crippen molar-refractivity contribution in [3.05, 3.63) is 51.7 Å². The van der Waals surface area contributed by atoms with Crippen molar-refractivity contribution in [2.75, 3.05) is 24.8 Å². The molecule has 0 saturated carbocycles. The Labute approximate surface area is 223 Å². The molecular weight excluding hydrogens is 514 g/mol. The van der Waals surface area contributed by atoms with E-state index < -0.39 is 0 Å². The van der Waals surface area contributed by atoms with Crippen molar-refractivity contribution in [2.24, 2.45) is 7.05 Å². The molecule has 2 heterocycles. The third kappa shape index (κ3) is 6.31. The number of aryl methyl sites for hydroxylation is 1. The summed E-state index contributed by atoms with van der Waals surface area (Å²) in [5.74, 6) is 0.447. The number of rotatable bonds is 10. The normalized spacial score (nSPS) is 12.5. The fourth-order valence-electron chi connectivity index (χ4n) is 3.99. The zero-order valence-electron chi connectivity index (χ0n) is 21.0. The second kappa shape index (κ2) is 12.2. The smallest absolute Gasteiger partial charge is 0.341 e. The van der Waals surface area contributed by atoms with Crippen molar-refractivity contribution < 1.29 is 23.9 Å². The van der Waals surface area contributed by atoms with Crippen LogP contribution in [0.2, 0.25) is 0 Å². The number of carbonyl (C=O) groups excluding carboxylic acids is 3. The van der Waals surface area contributed by atoms with Crippen LogP contribution in [0.5, 0.6) is 5.75 Å². The predicted molar refractivity (Wildman–Crippen MR) is 141 cm³/mol. The first-order valence-electron chi connectivity index (χ1n) is 12.0. The van der Waals surface area contributed by atoms with Crippen molar-refractivity contribution in [1.82, 2.24) is 20.1 Å². The lowest BCUT2D eigenvalue weighted by Crippen LogP contribution is -2.24. The van der Waals surface area contributed by atoms with Gasteiger partial charge in [-0.15, -0.1) is 21.5 Å². The molecule has 0 aliphatic heterocycles. The van der Waals surface area contributed by atoms with Gasteiger partial charge >= 0.3 is 5.97 Å². The Bertz CT molecular complexity index is 1290. The summed E-state index contributed by atoms with van der Waals surface area (Å²) in [4.78, 5) is 38.9. The van der Waals surface area contributed by atoms with Gasteiger partial charge in [0.2, 0.25) is 5.91 Å². The van der Waals surface area contributed by atoms with Crippen LogP contribution in [0.3, 0.4) is 0 Å². The molecule has 1 aromatic carbocycles. The molecule has 0 unspecified atom stereocenters. The number of methoxy groups -OCH3 is 1. The van der Waals surface area contributed by atoms with Gasteiger partial charge in [0.05, 0.1) is 31.6 Å². The first-order valence-corrected chi connectivity index (χ1v) is 13.8. The summed E-state index contributed by atoms with van der Waals surface area (Å²) >= 11 is 2.69. The molecule has 4 rings (SSSR count). The molecule has 2 N–H and O–H groups in total. The summed E-state index contributed by atoms with van der Waals surface area (Å²) in [5.41, 5.74) is 2.01. The number of carbonyl (C=O) groups is 3. The number of thiophene rings is 1. The number of anilines is 1. The van der Waals surface area contributed by atoms with Crippen LogP contribution in [0.15, 0.2) is 29.4 Å². The highest BCUT2D eigenvalue weighted by Gasteiger charge is 2.27. The number of benzene rings is 1. The highest BCUT2D eigenvalue weighted by molar-refractivity contribution is 7.99. The van der Waals surface area contributed by atoms with E-state index in [1.165, 1.54) is 23.1 Å². The summed E-state index contributed by atoms with van der Waals surface area (Å²) in [6.07, 6.45) is 3.83. The maximum absolute atomic E-state index is 12.8. The van der Waals surface area contributed by atoms with Gasteiger partial charge < -0.3 is 24.7 Å². The molecule has 3 aromatic rings. The quantitative estimate of drug-likeness (QED) is 0.294. The zero-order valence-corrected chi connectivity index (χ0v) is 22.6. The van der Waals surface area contributed by atoms with Crippen LogP contribution in [0, 0.1) is 0 Å². The lowest BCUT2D eigenvalue weighted by atomic mass is 9.95. The molecule has 2 aromatic heterocycles. The van der Waals surface area contributed by atoms with Crippen molar-refractivity contribution in [3.63, 3.8) is 0 Å². The van der Waals surface area contributed by atoms with Crippen molar-refractivity contribution in [3.8, 4) is 5.75 Å². The SMILES string of the molecule is CCOC(=O)c1c(NC(=O)CSc2nnc(CNC(=O)c3ccc(OC)cc3)n2C)sc2c1CCCC2. The number of thioether (sulfide) groups is 1. The number of hydrogen-bond acceptors (Lipinski definition) is 9. The molecule has 10 nitrogen and oxygen atoms in total. The minimum Gasteiger partial charge on any atom is -0.497 e. The third-order valence-corrected chi connectivity index (χ3v) is 8.15. The Morgan fingerprint density at radius 3 is 2.62 bits per heavy atom. The van der Waals surface area contributed by atoms with Crippen LogP contribution < -0.4 is 15.4 Å². The molecule has 0 atom stereocenters. The number of fused-ring (bicyclic) bond motifs is 1. The van der Waals surface area contributed by atoms with Crippen LogP contribution >= 0.6 is 23.1 Å². The minimum atomic E-state index is -0.389. The van der Waals surface area contributed by atoms with Gasteiger partial charge in [0.15, 0.2) is 11.0 Å². The first kappa shape index (κ1) is 26.7. The van der Waals surface area contributed by atoms with Gasteiger partial charge in [-0.3, -0.25) is 9.59 Å². The van der Waals surface area contributed by atoms with Crippen LogP contribution in [-0.2, 0) is 36.0 Å². The third-order valence-electron chi connectivity index (χ3n) is 5.92. The number of nitrogens with one attached hydrogen (secondary N) is 2. The van der Waals surface area contributed by atoms with Gasteiger partial charge in [0.25, 0.3) is 5.91 Å². The van der Waals surface area contributed by atoms with E-state index >= 15 is 0 Å². The highest BCUT2D eigenvalue weighted by Crippen LogP contribution is 2.38. The largest absolute Gasteiger partial charge is 0.497 e. The van der Waals surface area contributed by atoms with Crippen LogP contribution in [-0.4, -0.2) is 52.0 Å². The monoisotopic (exact) mass is 543 g/mol. The molecule has 0 bridgehead atoms. The number of aromatic nitrogens is 3. The number of esters is 1. The minimum absolute atomic E-state index is 0.0923. The van der Waals surface area contributed by atoms with Crippen molar-refractivity contribution >= 4 is 45.9 Å². The molecule has 1 aliphatic rings. The first-order chi connectivity index (χ1) is 17.9. The molecule has 0 radical (unpaired) electrons. The van der Waals surface area contributed by atoms with Gasteiger partial charge in [-0.25, -0.2) is 4.79 Å². The Morgan fingerprint density at radius 2 is 1.89 bits per heavy atom. The van der Waals surface area contributed by atoms with E-state index in [2.05, 4.69) is 20.8 Å². The molecular formula is C25H29N5O5S2. The summed E-state index contributed by atoms with van der Waals surface area (Å²) in [6.45, 7) is 2.23. The summed E-state index contributed by atoms with van der Waals surface area (Å²) < 4.78 is 12.1. The summed E-state index contributed by atoms with van der Waals surface area (Å²) in [5, 5.41) is 15.1. The fourth-order valence-corrected chi connectivity index (χ4v) is 6.02. The molecule has 37 heavy (non-hydrogen) atoms. The maximum Gasteiger partial charge on any atom is 0.341 e. The lowest BCUT2D eigenvalue weighted by molar-refractivity contribution is -0.113. The second-order valence-electron chi connectivity index (χ2n) is 8.34. The average Bonchev–Trinajstić information content (AvgIpc) is 3.45. The highest BCUT2D eigenvalue weighted by atomic mass is 32.2. The number of amides is 2. The molecule has 12 heteroatoms. The average molecular weight is 544 g/mol. The number of ether oxygens (including phenoxy) is 2. The zero-order chi connectivity index (χ0) is 26.4. The molecule has 0 fully saturated rings. The molecule has 1 aliphatic carbocycles. The van der Waals surface area contributed by atoms with E-state index in [1.54, 1.807) is 49.9 Å². The van der Waals surface area contributed by atoms with Crippen LogP contribution in [0.1, 0.15) is 56.7 Å². The molecule has 0 saturated heterocycles. The molecule has 2 amide bonds. The Hall–Kier alpha value is -3.38. The molecule has 196 valence electrons. The van der Waals surface area contributed by atoms with E-state index in [0.717, 1.165) is 36.1 Å². The number of hydrogen-bond donors (Lipinski definition) is 2. The second-order valence-corrected chi connectivity index (χ2v) is 10.4. The Balaban J connectivity index is 1.34. The fraction of sp³-hybridized carbons (Fsp3) is 0.400. The summed E-state index contributed by atoms with van der Waals surface area (Å²) in [7, 11) is 3.35. The Kier molecular flexibility index (Phi) is 8.82. The van der Waals surface area contributed by atoms with Gasteiger partial charge in [0.1, 0.15) is 10.8 Å². The lowest BCUT2D eigenvalue weighted by Gasteiger charge is -2.12. The van der Waals surface area contributed by atoms with Crippen molar-refractivity contribution in [2.45, 2.75) is 44.3 Å². The van der Waals surface area contributed by atoms with E-state index in [0.29, 0.717) is 32.9 Å². The van der Waals surface area contributed by atoms with Gasteiger partial charge in [0, 0.05) is 17.5 Å². The predicted octanol–water partition coefficient (Wildman–Crippen LogP) is 3.60.